The molecule has 1 aromatic carbocycles. The van der Waals surface area contributed by atoms with E-state index >= 15 is 0 Å². The Kier molecular flexibility index (Phi) is 4.54. The lowest BCUT2D eigenvalue weighted by Gasteiger charge is -2.22. The van der Waals surface area contributed by atoms with Crippen LogP contribution in [0.1, 0.15) is 19.4 Å². The van der Waals surface area contributed by atoms with Gasteiger partial charge in [0.15, 0.2) is 0 Å². The number of hydrogen-bond donors (Lipinski definition) is 2. The standard InChI is InChI=1S/C14H19N3O4/c1-9(2)15-7-12(18)8-16-13-4-3-11(17(20)21)5-10(13)6-14(16)19/h3-5,9,12,15,18H,6-8H2,1-2H3. The van der Waals surface area contributed by atoms with E-state index in [0.717, 1.165) is 0 Å². The van der Waals surface area contributed by atoms with E-state index in [1.807, 2.05) is 13.8 Å². The van der Waals surface area contributed by atoms with Gasteiger partial charge >= 0.3 is 0 Å². The number of benzene rings is 1. The van der Waals surface area contributed by atoms with Crippen molar-refractivity contribution in [2.24, 2.45) is 0 Å². The predicted octanol–water partition coefficient (Wildman–Crippen LogP) is 0.843. The summed E-state index contributed by atoms with van der Waals surface area (Å²) in [6.45, 7) is 4.53. The summed E-state index contributed by atoms with van der Waals surface area (Å²) < 4.78 is 0. The summed E-state index contributed by atoms with van der Waals surface area (Å²) >= 11 is 0. The van der Waals surface area contributed by atoms with Crippen molar-refractivity contribution in [2.75, 3.05) is 18.0 Å². The highest BCUT2D eigenvalue weighted by molar-refractivity contribution is 6.01. The van der Waals surface area contributed by atoms with Crippen LogP contribution in [0, 0.1) is 10.1 Å². The Bertz CT molecular complexity index is 559. The number of amides is 1. The average Bonchev–Trinajstić information content (AvgIpc) is 2.72. The Morgan fingerprint density at radius 1 is 1.48 bits per heavy atom. The van der Waals surface area contributed by atoms with Crippen LogP contribution in [0.3, 0.4) is 0 Å². The zero-order chi connectivity index (χ0) is 15.6. The number of fused-ring (bicyclic) bond motifs is 1. The highest BCUT2D eigenvalue weighted by Crippen LogP contribution is 2.31. The molecule has 0 radical (unpaired) electrons. The molecule has 114 valence electrons. The normalized spacial score (nSPS) is 15.4. The minimum absolute atomic E-state index is 0.0228. The van der Waals surface area contributed by atoms with Crippen LogP contribution in [-0.2, 0) is 11.2 Å². The lowest BCUT2D eigenvalue weighted by Crippen LogP contribution is -2.41. The Labute approximate surface area is 122 Å². The topological polar surface area (TPSA) is 95.7 Å². The number of anilines is 1. The number of rotatable bonds is 6. The van der Waals surface area contributed by atoms with Crippen LogP contribution in [0.2, 0.25) is 0 Å². The Morgan fingerprint density at radius 3 is 2.81 bits per heavy atom. The first-order valence-corrected chi connectivity index (χ1v) is 6.87. The summed E-state index contributed by atoms with van der Waals surface area (Å²) in [6.07, 6.45) is -0.543. The molecule has 1 heterocycles. The SMILES string of the molecule is CC(C)NCC(O)CN1C(=O)Cc2cc([N+](=O)[O-])ccc21. The second-order valence-electron chi connectivity index (χ2n) is 5.47. The number of nitrogens with one attached hydrogen (secondary N) is 1. The van der Waals surface area contributed by atoms with Crippen molar-refractivity contribution in [1.29, 1.82) is 0 Å². The van der Waals surface area contributed by atoms with E-state index in [0.29, 0.717) is 17.8 Å². The van der Waals surface area contributed by atoms with Gasteiger partial charge in [0.05, 0.1) is 24.0 Å². The van der Waals surface area contributed by atoms with Gasteiger partial charge in [-0.15, -0.1) is 0 Å². The molecule has 1 aliphatic rings. The van der Waals surface area contributed by atoms with E-state index in [-0.39, 0.29) is 30.6 Å². The maximum Gasteiger partial charge on any atom is 0.269 e. The molecule has 0 aromatic heterocycles. The molecule has 21 heavy (non-hydrogen) atoms. The number of β-amino-alcohol motifs (C(OH)–C–C–N with tert-alkyl or cyclic N) is 1. The van der Waals surface area contributed by atoms with E-state index in [4.69, 9.17) is 0 Å². The smallest absolute Gasteiger partial charge is 0.269 e. The number of nitro groups is 1. The number of carbonyl (C=O) groups excluding carboxylic acids is 1. The van der Waals surface area contributed by atoms with Gasteiger partial charge < -0.3 is 15.3 Å². The number of non-ortho nitro benzene ring substituents is 1. The Hall–Kier alpha value is -1.99. The second-order valence-corrected chi connectivity index (χ2v) is 5.47. The summed E-state index contributed by atoms with van der Waals surface area (Å²) in [6, 6.07) is 4.62. The highest BCUT2D eigenvalue weighted by atomic mass is 16.6. The van der Waals surface area contributed by atoms with Gasteiger partial charge in [0.25, 0.3) is 5.69 Å². The van der Waals surface area contributed by atoms with Crippen molar-refractivity contribution in [3.8, 4) is 0 Å². The zero-order valence-electron chi connectivity index (χ0n) is 12.1. The number of aliphatic hydroxyl groups excluding tert-OH is 1. The van der Waals surface area contributed by atoms with E-state index in [2.05, 4.69) is 5.32 Å². The fraction of sp³-hybridized carbons (Fsp3) is 0.500. The summed E-state index contributed by atoms with van der Waals surface area (Å²) in [7, 11) is 0. The molecule has 0 aliphatic carbocycles. The first-order chi connectivity index (χ1) is 9.88. The summed E-state index contributed by atoms with van der Waals surface area (Å²) in [5.41, 5.74) is 1.26. The third-order valence-corrected chi connectivity index (χ3v) is 3.36. The van der Waals surface area contributed by atoms with Crippen molar-refractivity contribution in [3.05, 3.63) is 33.9 Å². The van der Waals surface area contributed by atoms with Crippen molar-refractivity contribution >= 4 is 17.3 Å². The molecule has 7 heteroatoms. The third kappa shape index (κ3) is 3.56. The maximum atomic E-state index is 12.0. The molecule has 2 N–H and O–H groups in total. The molecule has 7 nitrogen and oxygen atoms in total. The van der Waals surface area contributed by atoms with Gasteiger partial charge in [-0.25, -0.2) is 0 Å². The lowest BCUT2D eigenvalue weighted by molar-refractivity contribution is -0.384. The molecule has 1 aromatic rings. The number of hydrogen-bond acceptors (Lipinski definition) is 5. The zero-order valence-corrected chi connectivity index (χ0v) is 12.1. The summed E-state index contributed by atoms with van der Waals surface area (Å²) in [4.78, 5) is 23.8. The van der Waals surface area contributed by atoms with Gasteiger partial charge in [-0.05, 0) is 11.6 Å². The number of aliphatic hydroxyl groups is 1. The van der Waals surface area contributed by atoms with Gasteiger partial charge in [-0.2, -0.15) is 0 Å². The molecule has 0 fully saturated rings. The first-order valence-electron chi connectivity index (χ1n) is 6.87. The minimum Gasteiger partial charge on any atom is -0.390 e. The van der Waals surface area contributed by atoms with Gasteiger partial charge in [0.2, 0.25) is 5.91 Å². The van der Waals surface area contributed by atoms with Gasteiger partial charge in [-0.1, -0.05) is 13.8 Å². The van der Waals surface area contributed by atoms with Gasteiger partial charge in [0, 0.05) is 30.4 Å². The lowest BCUT2D eigenvalue weighted by atomic mass is 10.1. The Morgan fingerprint density at radius 2 is 2.19 bits per heavy atom. The molecular weight excluding hydrogens is 274 g/mol. The quantitative estimate of drug-likeness (QED) is 0.598. The molecular formula is C14H19N3O4. The first kappa shape index (κ1) is 15.4. The van der Waals surface area contributed by atoms with Crippen LogP contribution in [0.4, 0.5) is 11.4 Å². The molecule has 1 unspecified atom stereocenters. The monoisotopic (exact) mass is 293 g/mol. The van der Waals surface area contributed by atoms with E-state index < -0.39 is 11.0 Å². The fourth-order valence-corrected chi connectivity index (χ4v) is 2.33. The van der Waals surface area contributed by atoms with Crippen molar-refractivity contribution in [2.45, 2.75) is 32.4 Å². The molecule has 1 atom stereocenters. The van der Waals surface area contributed by atoms with Crippen LogP contribution in [0.25, 0.3) is 0 Å². The number of carbonyl (C=O) groups is 1. The molecule has 1 amide bonds. The highest BCUT2D eigenvalue weighted by Gasteiger charge is 2.30. The Balaban J connectivity index is 2.10. The van der Waals surface area contributed by atoms with Crippen molar-refractivity contribution in [1.82, 2.24) is 5.32 Å². The second kappa shape index (κ2) is 6.19. The largest absolute Gasteiger partial charge is 0.390 e. The van der Waals surface area contributed by atoms with E-state index in [1.54, 1.807) is 6.07 Å². The van der Waals surface area contributed by atoms with Crippen LogP contribution in [-0.4, -0.2) is 41.2 Å². The van der Waals surface area contributed by atoms with Gasteiger partial charge in [0.1, 0.15) is 0 Å². The maximum absolute atomic E-state index is 12.0. The van der Waals surface area contributed by atoms with Crippen molar-refractivity contribution < 1.29 is 14.8 Å². The average molecular weight is 293 g/mol. The third-order valence-electron chi connectivity index (χ3n) is 3.36. The van der Waals surface area contributed by atoms with Crippen LogP contribution in [0.15, 0.2) is 18.2 Å². The van der Waals surface area contributed by atoms with Crippen LogP contribution >= 0.6 is 0 Å². The molecule has 0 saturated carbocycles. The summed E-state index contributed by atoms with van der Waals surface area (Å²) in [5.74, 6) is -0.144. The van der Waals surface area contributed by atoms with Gasteiger partial charge in [-0.3, -0.25) is 14.9 Å². The van der Waals surface area contributed by atoms with Crippen LogP contribution < -0.4 is 10.2 Å². The molecule has 0 saturated heterocycles. The molecule has 0 spiro atoms. The van der Waals surface area contributed by atoms with Crippen LogP contribution in [0.5, 0.6) is 0 Å². The van der Waals surface area contributed by atoms with Crippen molar-refractivity contribution in [3.63, 3.8) is 0 Å². The minimum atomic E-state index is -0.683. The number of nitrogens with zero attached hydrogens (tertiary/aromatic N) is 2. The van der Waals surface area contributed by atoms with E-state index in [1.165, 1.54) is 17.0 Å². The summed E-state index contributed by atoms with van der Waals surface area (Å²) in [5, 5.41) is 23.8. The predicted molar refractivity (Wildman–Crippen MR) is 78.3 cm³/mol. The van der Waals surface area contributed by atoms with E-state index in [9.17, 15) is 20.0 Å². The number of nitro benzene ring substituents is 1. The molecule has 2 rings (SSSR count). The fourth-order valence-electron chi connectivity index (χ4n) is 2.33. The molecule has 1 aliphatic heterocycles. The molecule has 0 bridgehead atoms.